The smallest absolute Gasteiger partial charge is 0.459 e. The molecule has 0 bridgehead atoms. The van der Waals surface area contributed by atoms with Crippen LogP contribution in [0, 0.1) is 0 Å². The molecule has 3 rings (SSSR count). The van der Waals surface area contributed by atoms with Crippen molar-refractivity contribution in [3.05, 3.63) is 63.4 Å². The number of aromatic nitrogens is 2. The van der Waals surface area contributed by atoms with Gasteiger partial charge in [-0.3, -0.25) is 23.7 Å². The monoisotopic (exact) mass is 529 g/mol. The first-order chi connectivity index (χ1) is 16.8. The van der Waals surface area contributed by atoms with Crippen LogP contribution in [0.15, 0.2) is 52.2 Å². The van der Waals surface area contributed by atoms with Gasteiger partial charge in [0.1, 0.15) is 24.0 Å². The molecule has 0 aliphatic carbocycles. The minimum Gasteiger partial charge on any atom is -0.462 e. The molecule has 198 valence electrons. The van der Waals surface area contributed by atoms with Crippen LogP contribution >= 0.6 is 7.75 Å². The largest absolute Gasteiger partial charge is 0.462 e. The third-order valence-corrected chi connectivity index (χ3v) is 6.90. The van der Waals surface area contributed by atoms with E-state index >= 15 is 4.39 Å². The molecule has 0 amide bonds. The Bertz CT molecular complexity index is 1220. The number of hydrogen-bond acceptors (Lipinski definition) is 9. The SMILES string of the molecule is CC(C)OC(=O)[C@@H](C)NP(=O)(OCC1O[C@@H](n2ccc(=O)[nH]c2=O)[C@](C)(F)[C@@H]1O)Oc1ccccc1. The number of aliphatic hydroxyl groups excluding tert-OH is 1. The summed E-state index contributed by atoms with van der Waals surface area (Å²) in [6, 6.07) is 7.86. The second-order valence-electron chi connectivity index (χ2n) is 8.67. The molecule has 0 saturated carbocycles. The molecule has 2 unspecified atom stereocenters. The van der Waals surface area contributed by atoms with Crippen LogP contribution in [0.1, 0.15) is 33.9 Å². The van der Waals surface area contributed by atoms with Gasteiger partial charge in [-0.2, -0.15) is 5.09 Å². The van der Waals surface area contributed by atoms with Gasteiger partial charge in [0.2, 0.25) is 0 Å². The summed E-state index contributed by atoms with van der Waals surface area (Å²) in [5.41, 5.74) is -4.12. The topological polar surface area (TPSA) is 158 Å². The van der Waals surface area contributed by atoms with E-state index in [9.17, 15) is 24.1 Å². The van der Waals surface area contributed by atoms with Crippen molar-refractivity contribution in [1.29, 1.82) is 0 Å². The van der Waals surface area contributed by atoms with Gasteiger partial charge in [-0.25, -0.2) is 13.8 Å². The molecule has 2 heterocycles. The van der Waals surface area contributed by atoms with E-state index < -0.39 is 67.8 Å². The number of nitrogens with zero attached hydrogens (tertiary/aromatic N) is 1. The maximum Gasteiger partial charge on any atom is 0.459 e. The third-order valence-electron chi connectivity index (χ3n) is 5.26. The average molecular weight is 529 g/mol. The number of alkyl halides is 1. The Labute approximate surface area is 205 Å². The average Bonchev–Trinajstić information content (AvgIpc) is 3.01. The highest BCUT2D eigenvalue weighted by Gasteiger charge is 2.55. The second kappa shape index (κ2) is 11.1. The number of aromatic amines is 1. The lowest BCUT2D eigenvalue weighted by Crippen LogP contribution is -2.43. The van der Waals surface area contributed by atoms with E-state index in [4.69, 9.17) is 18.5 Å². The third kappa shape index (κ3) is 6.48. The molecule has 1 saturated heterocycles. The molecule has 1 aliphatic rings. The summed E-state index contributed by atoms with van der Waals surface area (Å²) in [7, 11) is -4.30. The number of nitrogens with one attached hydrogen (secondary N) is 2. The first kappa shape index (κ1) is 27.8. The van der Waals surface area contributed by atoms with E-state index in [1.54, 1.807) is 32.0 Å². The Morgan fingerprint density at radius 2 is 1.94 bits per heavy atom. The molecule has 6 atom stereocenters. The highest BCUT2D eigenvalue weighted by molar-refractivity contribution is 7.52. The number of ether oxygens (including phenoxy) is 2. The van der Waals surface area contributed by atoms with Crippen molar-refractivity contribution in [1.82, 2.24) is 14.6 Å². The zero-order valence-corrected chi connectivity index (χ0v) is 21.0. The van der Waals surface area contributed by atoms with Gasteiger partial charge < -0.3 is 19.1 Å². The number of halogens is 1. The van der Waals surface area contributed by atoms with Crippen LogP contribution in [0.5, 0.6) is 5.75 Å². The predicted octanol–water partition coefficient (Wildman–Crippen LogP) is 1.66. The molecule has 12 nitrogen and oxygen atoms in total. The number of hydrogen-bond donors (Lipinski definition) is 3. The molecule has 1 aromatic carbocycles. The van der Waals surface area contributed by atoms with Gasteiger partial charge in [0.15, 0.2) is 11.9 Å². The molecule has 36 heavy (non-hydrogen) atoms. The van der Waals surface area contributed by atoms with Gasteiger partial charge in [-0.1, -0.05) is 18.2 Å². The highest BCUT2D eigenvalue weighted by atomic mass is 31.2. The first-order valence-corrected chi connectivity index (χ1v) is 12.7. The van der Waals surface area contributed by atoms with Gasteiger partial charge in [0.25, 0.3) is 5.56 Å². The summed E-state index contributed by atoms with van der Waals surface area (Å²) in [4.78, 5) is 37.7. The molecule has 2 aromatic rings. The van der Waals surface area contributed by atoms with E-state index in [1.165, 1.54) is 19.1 Å². The minimum atomic E-state index is -4.30. The summed E-state index contributed by atoms with van der Waals surface area (Å²) in [6.07, 6.45) is -4.21. The second-order valence-corrected chi connectivity index (χ2v) is 10.4. The van der Waals surface area contributed by atoms with E-state index in [2.05, 4.69) is 5.09 Å². The van der Waals surface area contributed by atoms with Crippen molar-refractivity contribution in [2.24, 2.45) is 0 Å². The highest BCUT2D eigenvalue weighted by Crippen LogP contribution is 2.47. The Balaban J connectivity index is 1.80. The van der Waals surface area contributed by atoms with Crippen molar-refractivity contribution in [2.45, 2.75) is 63.9 Å². The van der Waals surface area contributed by atoms with Crippen LogP contribution in [-0.2, 0) is 23.4 Å². The molecule has 3 N–H and O–H groups in total. The molecular weight excluding hydrogens is 500 g/mol. The zero-order valence-electron chi connectivity index (χ0n) is 20.1. The normalized spacial score (nSPS) is 26.4. The standard InChI is InChI=1S/C22H29FN3O9P/c1-13(2)33-19(29)14(3)25-36(31,35-15-8-6-5-7-9-15)32-12-16-18(28)22(4,23)20(34-16)26-11-10-17(27)24-21(26)30/h5-11,13-14,16,18,20,28H,12H2,1-4H3,(H,25,31)(H,24,27,30)/t14-,16?,18-,20-,22-,36?/m1/s1. The molecule has 0 spiro atoms. The van der Waals surface area contributed by atoms with Gasteiger partial charge in [0, 0.05) is 12.3 Å². The van der Waals surface area contributed by atoms with Crippen LogP contribution < -0.4 is 20.9 Å². The van der Waals surface area contributed by atoms with Crippen LogP contribution in [0.2, 0.25) is 0 Å². The maximum atomic E-state index is 15.4. The number of carbonyl (C=O) groups excluding carboxylic acids is 1. The summed E-state index contributed by atoms with van der Waals surface area (Å²) in [6.45, 7) is 5.07. The lowest BCUT2D eigenvalue weighted by Gasteiger charge is -2.25. The van der Waals surface area contributed by atoms with Gasteiger partial charge in [-0.05, 0) is 39.8 Å². The molecule has 14 heteroatoms. The van der Waals surface area contributed by atoms with Crippen LogP contribution in [0.3, 0.4) is 0 Å². The van der Waals surface area contributed by atoms with Crippen molar-refractivity contribution in [2.75, 3.05) is 6.61 Å². The van der Waals surface area contributed by atoms with Crippen molar-refractivity contribution in [3.63, 3.8) is 0 Å². The quantitative estimate of drug-likeness (QED) is 0.305. The van der Waals surface area contributed by atoms with E-state index in [0.29, 0.717) is 0 Å². The van der Waals surface area contributed by atoms with Crippen molar-refractivity contribution >= 4 is 13.7 Å². The summed E-state index contributed by atoms with van der Waals surface area (Å²) >= 11 is 0. The number of H-pyrrole nitrogens is 1. The summed E-state index contributed by atoms with van der Waals surface area (Å²) in [5.74, 6) is -0.560. The van der Waals surface area contributed by atoms with E-state index in [1.807, 2.05) is 4.98 Å². The maximum absolute atomic E-state index is 15.4. The molecule has 0 radical (unpaired) electrons. The first-order valence-electron chi connectivity index (χ1n) is 11.1. The number of carbonyl (C=O) groups is 1. The van der Waals surface area contributed by atoms with Gasteiger partial charge in [0.05, 0.1) is 12.7 Å². The lowest BCUT2D eigenvalue weighted by atomic mass is 9.98. The Morgan fingerprint density at radius 1 is 1.28 bits per heavy atom. The molecule has 1 aromatic heterocycles. The number of esters is 1. The lowest BCUT2D eigenvalue weighted by molar-refractivity contribution is -0.149. The predicted molar refractivity (Wildman–Crippen MR) is 125 cm³/mol. The Kier molecular flexibility index (Phi) is 8.52. The van der Waals surface area contributed by atoms with Gasteiger partial charge >= 0.3 is 19.4 Å². The molecular formula is C22H29FN3O9P. The van der Waals surface area contributed by atoms with E-state index in [-0.39, 0.29) is 5.75 Å². The zero-order chi connectivity index (χ0) is 26.7. The summed E-state index contributed by atoms with van der Waals surface area (Å²) in [5, 5.41) is 13.0. The number of rotatable bonds is 10. The molecule has 1 aliphatic heterocycles. The van der Waals surface area contributed by atoms with Crippen LogP contribution in [0.25, 0.3) is 0 Å². The minimum absolute atomic E-state index is 0.152. The van der Waals surface area contributed by atoms with Crippen LogP contribution in [0.4, 0.5) is 4.39 Å². The molecule has 1 fully saturated rings. The van der Waals surface area contributed by atoms with Gasteiger partial charge in [-0.15, -0.1) is 0 Å². The fraction of sp³-hybridized carbons (Fsp3) is 0.500. The van der Waals surface area contributed by atoms with Crippen molar-refractivity contribution < 1.29 is 37.4 Å². The Hall–Kier alpha value is -2.83. The number of para-hydroxylation sites is 1. The summed E-state index contributed by atoms with van der Waals surface area (Å²) < 4.78 is 51.4. The fourth-order valence-corrected chi connectivity index (χ4v) is 4.97. The van der Waals surface area contributed by atoms with Crippen molar-refractivity contribution in [3.8, 4) is 5.75 Å². The van der Waals surface area contributed by atoms with Crippen LogP contribution in [-0.4, -0.2) is 57.3 Å². The number of aliphatic hydroxyl groups is 1. The fourth-order valence-electron chi connectivity index (χ4n) is 3.47. The Morgan fingerprint density at radius 3 is 2.56 bits per heavy atom. The van der Waals surface area contributed by atoms with E-state index in [0.717, 1.165) is 23.8 Å². The number of benzene rings is 1.